The van der Waals surface area contributed by atoms with Gasteiger partial charge in [0.1, 0.15) is 30.2 Å². The second kappa shape index (κ2) is 5.10. The largest absolute Gasteiger partial charge is 0.371 e. The number of rotatable bonds is 3. The standard InChI is InChI=1S/C14H20N6O3/c1-14(2)22-9-7(4-15)21-13(10(9)23-14)20-6-19-8-11(16-3)17-5-18-12(8)20/h5-7,9-10,13H,4,15H2,1-3H3,(H,16,17,18)/t7-,9-,10-,13-/m1/s1. The fourth-order valence-electron chi connectivity index (χ4n) is 3.29. The molecule has 9 nitrogen and oxygen atoms in total. The summed E-state index contributed by atoms with van der Waals surface area (Å²) in [5.74, 6) is 0.00864. The molecule has 0 unspecified atom stereocenters. The molecule has 2 aromatic rings. The number of nitrogens with one attached hydrogen (secondary N) is 1. The maximum Gasteiger partial charge on any atom is 0.167 e. The van der Waals surface area contributed by atoms with E-state index in [9.17, 15) is 0 Å². The topological polar surface area (TPSA) is 109 Å². The lowest BCUT2D eigenvalue weighted by molar-refractivity contribution is -0.195. The number of fused-ring (bicyclic) bond motifs is 2. The van der Waals surface area contributed by atoms with E-state index in [1.807, 2.05) is 18.4 Å². The van der Waals surface area contributed by atoms with E-state index in [4.69, 9.17) is 19.9 Å². The zero-order valence-electron chi connectivity index (χ0n) is 13.3. The van der Waals surface area contributed by atoms with Crippen LogP contribution in [0, 0.1) is 0 Å². The highest BCUT2D eigenvalue weighted by Gasteiger charge is 2.55. The van der Waals surface area contributed by atoms with Gasteiger partial charge in [0.2, 0.25) is 0 Å². The van der Waals surface area contributed by atoms with E-state index in [0.717, 1.165) is 0 Å². The molecule has 2 aliphatic rings. The maximum atomic E-state index is 6.06. The maximum absolute atomic E-state index is 6.06. The quantitative estimate of drug-likeness (QED) is 0.828. The first-order valence-corrected chi connectivity index (χ1v) is 7.60. The Hall–Kier alpha value is -1.81. The van der Waals surface area contributed by atoms with Crippen LogP contribution in [0.4, 0.5) is 5.82 Å². The van der Waals surface area contributed by atoms with Gasteiger partial charge in [-0.15, -0.1) is 0 Å². The minimum absolute atomic E-state index is 0.206. The first-order valence-electron chi connectivity index (χ1n) is 7.60. The lowest BCUT2D eigenvalue weighted by Crippen LogP contribution is -2.34. The Bertz CT molecular complexity index is 732. The molecule has 0 aliphatic carbocycles. The number of aromatic nitrogens is 4. The monoisotopic (exact) mass is 320 g/mol. The zero-order valence-corrected chi connectivity index (χ0v) is 13.3. The van der Waals surface area contributed by atoms with Gasteiger partial charge in [-0.05, 0) is 13.8 Å². The van der Waals surface area contributed by atoms with E-state index < -0.39 is 5.79 Å². The van der Waals surface area contributed by atoms with Crippen molar-refractivity contribution in [3.63, 3.8) is 0 Å². The molecule has 2 aliphatic heterocycles. The Labute approximate surface area is 133 Å². The van der Waals surface area contributed by atoms with Crippen molar-refractivity contribution in [3.05, 3.63) is 12.7 Å². The van der Waals surface area contributed by atoms with Crippen LogP contribution in [0.3, 0.4) is 0 Å². The molecule has 0 bridgehead atoms. The van der Waals surface area contributed by atoms with Crippen molar-refractivity contribution < 1.29 is 14.2 Å². The number of nitrogens with two attached hydrogens (primary N) is 1. The third-order valence-corrected chi connectivity index (χ3v) is 4.23. The van der Waals surface area contributed by atoms with Gasteiger partial charge in [-0.3, -0.25) is 4.57 Å². The molecule has 3 N–H and O–H groups in total. The highest BCUT2D eigenvalue weighted by Crippen LogP contribution is 2.43. The van der Waals surface area contributed by atoms with Crippen molar-refractivity contribution in [1.82, 2.24) is 19.5 Å². The van der Waals surface area contributed by atoms with Gasteiger partial charge in [-0.2, -0.15) is 0 Å². The summed E-state index contributed by atoms with van der Waals surface area (Å²) in [4.78, 5) is 12.9. The smallest absolute Gasteiger partial charge is 0.167 e. The minimum Gasteiger partial charge on any atom is -0.371 e. The second-order valence-corrected chi connectivity index (χ2v) is 6.16. The molecular formula is C14H20N6O3. The van der Waals surface area contributed by atoms with Crippen LogP contribution in [0.1, 0.15) is 20.1 Å². The van der Waals surface area contributed by atoms with E-state index in [1.54, 1.807) is 13.4 Å². The average Bonchev–Trinajstić information content (AvgIpc) is 3.17. The van der Waals surface area contributed by atoms with Crippen molar-refractivity contribution >= 4 is 17.0 Å². The molecule has 9 heteroatoms. The minimum atomic E-state index is -0.660. The van der Waals surface area contributed by atoms with Crippen LogP contribution in [-0.4, -0.2) is 57.2 Å². The molecule has 4 heterocycles. The van der Waals surface area contributed by atoms with Gasteiger partial charge in [0, 0.05) is 13.6 Å². The molecule has 2 aromatic heterocycles. The van der Waals surface area contributed by atoms with E-state index >= 15 is 0 Å². The number of nitrogens with zero attached hydrogens (tertiary/aromatic N) is 4. The summed E-state index contributed by atoms with van der Waals surface area (Å²) in [6.07, 6.45) is 2.10. The molecule has 23 heavy (non-hydrogen) atoms. The fraction of sp³-hybridized carbons (Fsp3) is 0.643. The van der Waals surface area contributed by atoms with E-state index in [2.05, 4.69) is 20.3 Å². The van der Waals surface area contributed by atoms with Crippen molar-refractivity contribution in [2.45, 2.75) is 44.2 Å². The van der Waals surface area contributed by atoms with Crippen LogP contribution in [0.2, 0.25) is 0 Å². The highest BCUT2D eigenvalue weighted by atomic mass is 16.8. The number of ether oxygens (including phenoxy) is 3. The highest BCUT2D eigenvalue weighted by molar-refractivity contribution is 5.82. The fourth-order valence-corrected chi connectivity index (χ4v) is 3.29. The van der Waals surface area contributed by atoms with Crippen LogP contribution < -0.4 is 11.1 Å². The van der Waals surface area contributed by atoms with Gasteiger partial charge in [0.05, 0.1) is 6.33 Å². The summed E-state index contributed by atoms with van der Waals surface area (Å²) in [7, 11) is 1.80. The van der Waals surface area contributed by atoms with Crippen LogP contribution in [0.15, 0.2) is 12.7 Å². The van der Waals surface area contributed by atoms with Gasteiger partial charge in [0.25, 0.3) is 0 Å². The Morgan fingerprint density at radius 1 is 1.26 bits per heavy atom. The molecule has 4 atom stereocenters. The van der Waals surface area contributed by atoms with Crippen LogP contribution >= 0.6 is 0 Å². The summed E-state index contributed by atoms with van der Waals surface area (Å²) in [5.41, 5.74) is 7.20. The molecule has 124 valence electrons. The molecule has 0 amide bonds. The first kappa shape index (κ1) is 14.8. The van der Waals surface area contributed by atoms with Gasteiger partial charge < -0.3 is 25.3 Å². The van der Waals surface area contributed by atoms with Crippen LogP contribution in [0.5, 0.6) is 0 Å². The number of hydrogen-bond acceptors (Lipinski definition) is 8. The summed E-state index contributed by atoms with van der Waals surface area (Å²) in [5, 5.41) is 3.01. The molecule has 0 spiro atoms. The molecule has 2 fully saturated rings. The third kappa shape index (κ3) is 2.19. The number of imidazole rings is 1. The molecule has 0 radical (unpaired) electrons. The summed E-state index contributed by atoms with van der Waals surface area (Å²) >= 11 is 0. The zero-order chi connectivity index (χ0) is 16.2. The van der Waals surface area contributed by atoms with Crippen LogP contribution in [0.25, 0.3) is 11.2 Å². The van der Waals surface area contributed by atoms with E-state index in [-0.39, 0.29) is 24.5 Å². The van der Waals surface area contributed by atoms with Crippen LogP contribution in [-0.2, 0) is 14.2 Å². The predicted octanol–water partition coefficient (Wildman–Crippen LogP) is 0.244. The SMILES string of the molecule is CNc1ncnc2c1ncn2[C@@H]1O[C@H](CN)[C@H]2OC(C)(C)O[C@H]21. The average molecular weight is 320 g/mol. The summed E-state index contributed by atoms with van der Waals surface area (Å²) in [6, 6.07) is 0. The Morgan fingerprint density at radius 3 is 2.78 bits per heavy atom. The summed E-state index contributed by atoms with van der Waals surface area (Å²) < 4.78 is 19.9. The Kier molecular flexibility index (Phi) is 3.27. The van der Waals surface area contributed by atoms with Crippen molar-refractivity contribution in [2.75, 3.05) is 18.9 Å². The normalized spacial score (nSPS) is 32.3. The third-order valence-electron chi connectivity index (χ3n) is 4.23. The van der Waals surface area contributed by atoms with Gasteiger partial charge >= 0.3 is 0 Å². The first-order chi connectivity index (χ1) is 11.0. The van der Waals surface area contributed by atoms with Crippen molar-refractivity contribution in [2.24, 2.45) is 5.73 Å². The van der Waals surface area contributed by atoms with Crippen molar-refractivity contribution in [3.8, 4) is 0 Å². The Balaban J connectivity index is 1.76. The van der Waals surface area contributed by atoms with Gasteiger partial charge in [0.15, 0.2) is 23.5 Å². The lowest BCUT2D eigenvalue weighted by atomic mass is 10.1. The predicted molar refractivity (Wildman–Crippen MR) is 81.7 cm³/mol. The number of hydrogen-bond donors (Lipinski definition) is 2. The van der Waals surface area contributed by atoms with Gasteiger partial charge in [-0.25, -0.2) is 15.0 Å². The Morgan fingerprint density at radius 2 is 2.04 bits per heavy atom. The van der Waals surface area contributed by atoms with Gasteiger partial charge in [-0.1, -0.05) is 0 Å². The van der Waals surface area contributed by atoms with Crippen molar-refractivity contribution in [1.29, 1.82) is 0 Å². The number of anilines is 1. The van der Waals surface area contributed by atoms with E-state index in [1.165, 1.54) is 6.33 Å². The summed E-state index contributed by atoms with van der Waals surface area (Å²) in [6.45, 7) is 4.15. The lowest BCUT2D eigenvalue weighted by Gasteiger charge is -2.24. The molecule has 0 saturated carbocycles. The molecule has 4 rings (SSSR count). The molecule has 2 saturated heterocycles. The molecular weight excluding hydrogens is 300 g/mol. The van der Waals surface area contributed by atoms with E-state index in [0.29, 0.717) is 23.5 Å². The molecule has 0 aromatic carbocycles. The second-order valence-electron chi connectivity index (χ2n) is 6.16.